The van der Waals surface area contributed by atoms with Crippen molar-refractivity contribution in [1.82, 2.24) is 24.7 Å². The smallest absolute Gasteiger partial charge is 0.244 e. The van der Waals surface area contributed by atoms with E-state index < -0.39 is 5.82 Å². The second-order valence-corrected chi connectivity index (χ2v) is 7.42. The number of aryl methyl sites for hydroxylation is 1. The van der Waals surface area contributed by atoms with Gasteiger partial charge < -0.3 is 15.3 Å². The van der Waals surface area contributed by atoms with Gasteiger partial charge in [-0.3, -0.25) is 0 Å². The van der Waals surface area contributed by atoms with E-state index in [0.29, 0.717) is 11.5 Å². The number of likely N-dealkylation sites (N-methyl/N-ethyl adjacent to an activating group) is 1. The standard InChI is InChI=1S/C18H20ClFN6O/c1-10-6-14-17(16-13(20)7-11(19)8-15(16)27)22-23-18(26(14)24-10)21-12-4-3-5-25(2)9-12/h6-8,12,27H,3-5,9H2,1-2H3,(H,21,23)/t12-/m1/s1. The molecule has 0 aliphatic carbocycles. The molecule has 0 saturated carbocycles. The molecule has 1 fully saturated rings. The van der Waals surface area contributed by atoms with Crippen LogP contribution in [0.5, 0.6) is 5.75 Å². The number of aromatic nitrogens is 4. The number of piperidine rings is 1. The number of phenolic OH excluding ortho intramolecular Hbond substituents is 1. The summed E-state index contributed by atoms with van der Waals surface area (Å²) in [7, 11) is 2.09. The molecule has 1 aromatic carbocycles. The molecule has 3 heterocycles. The number of hydrogen-bond donors (Lipinski definition) is 2. The highest BCUT2D eigenvalue weighted by molar-refractivity contribution is 6.30. The average molecular weight is 391 g/mol. The third-order valence-electron chi connectivity index (χ3n) is 4.75. The van der Waals surface area contributed by atoms with Gasteiger partial charge in [0.15, 0.2) is 0 Å². The number of phenols is 1. The van der Waals surface area contributed by atoms with Crippen LogP contribution in [0.25, 0.3) is 16.8 Å². The lowest BCUT2D eigenvalue weighted by Gasteiger charge is -2.30. The number of halogens is 2. The molecule has 0 spiro atoms. The Morgan fingerprint density at radius 1 is 1.30 bits per heavy atom. The first-order valence-corrected chi connectivity index (χ1v) is 9.16. The number of likely N-dealkylation sites (tertiary alicyclic amines) is 1. The second-order valence-electron chi connectivity index (χ2n) is 6.98. The van der Waals surface area contributed by atoms with Crippen LogP contribution in [0.15, 0.2) is 18.2 Å². The normalized spacial score (nSPS) is 18.1. The largest absolute Gasteiger partial charge is 0.507 e. The van der Waals surface area contributed by atoms with Crippen LogP contribution < -0.4 is 5.32 Å². The van der Waals surface area contributed by atoms with Crippen LogP contribution in [0.2, 0.25) is 5.02 Å². The molecule has 1 saturated heterocycles. The zero-order chi connectivity index (χ0) is 19.1. The molecule has 2 N–H and O–H groups in total. The lowest BCUT2D eigenvalue weighted by molar-refractivity contribution is 0.260. The maximum atomic E-state index is 14.5. The third-order valence-corrected chi connectivity index (χ3v) is 4.97. The van der Waals surface area contributed by atoms with Gasteiger partial charge in [0.2, 0.25) is 5.95 Å². The van der Waals surface area contributed by atoms with E-state index in [0.717, 1.165) is 37.7 Å². The Labute approximate surface area is 160 Å². The Hall–Kier alpha value is -2.45. The summed E-state index contributed by atoms with van der Waals surface area (Å²) in [6, 6.07) is 4.45. The maximum absolute atomic E-state index is 14.5. The number of fused-ring (bicyclic) bond motifs is 1. The van der Waals surface area contributed by atoms with E-state index in [4.69, 9.17) is 11.6 Å². The number of rotatable bonds is 3. The monoisotopic (exact) mass is 390 g/mol. The Morgan fingerprint density at radius 2 is 2.11 bits per heavy atom. The Balaban J connectivity index is 1.79. The number of hydrogen-bond acceptors (Lipinski definition) is 6. The predicted octanol–water partition coefficient (Wildman–Crippen LogP) is 3.10. The molecular formula is C18H20ClFN6O. The lowest BCUT2D eigenvalue weighted by Crippen LogP contribution is -2.40. The molecule has 0 unspecified atom stereocenters. The Morgan fingerprint density at radius 3 is 2.85 bits per heavy atom. The third kappa shape index (κ3) is 3.42. The summed E-state index contributed by atoms with van der Waals surface area (Å²) >= 11 is 5.81. The Kier molecular flexibility index (Phi) is 4.61. The van der Waals surface area contributed by atoms with Crippen molar-refractivity contribution < 1.29 is 9.50 Å². The summed E-state index contributed by atoms with van der Waals surface area (Å²) < 4.78 is 16.1. The molecule has 27 heavy (non-hydrogen) atoms. The molecule has 3 aromatic rings. The molecule has 1 aliphatic rings. The van der Waals surface area contributed by atoms with Crippen LogP contribution in [-0.2, 0) is 0 Å². The molecule has 0 bridgehead atoms. The first-order valence-electron chi connectivity index (χ1n) is 8.79. The van der Waals surface area contributed by atoms with E-state index in [2.05, 4.69) is 32.6 Å². The minimum atomic E-state index is -0.662. The van der Waals surface area contributed by atoms with Gasteiger partial charge in [-0.05, 0) is 51.6 Å². The summed E-state index contributed by atoms with van der Waals surface area (Å²) in [6.07, 6.45) is 2.13. The van der Waals surface area contributed by atoms with Crippen LogP contribution in [0.4, 0.5) is 10.3 Å². The second kappa shape index (κ2) is 6.94. The van der Waals surface area contributed by atoms with Gasteiger partial charge in [-0.25, -0.2) is 4.39 Å². The average Bonchev–Trinajstić information content (AvgIpc) is 2.98. The van der Waals surface area contributed by atoms with E-state index in [1.165, 1.54) is 6.07 Å². The van der Waals surface area contributed by atoms with Gasteiger partial charge in [-0.15, -0.1) is 10.2 Å². The molecule has 142 valence electrons. The van der Waals surface area contributed by atoms with Gasteiger partial charge in [0, 0.05) is 17.6 Å². The fourth-order valence-corrected chi connectivity index (χ4v) is 3.75. The number of benzene rings is 1. The number of anilines is 1. The number of aromatic hydroxyl groups is 1. The van der Waals surface area contributed by atoms with Crippen LogP contribution >= 0.6 is 11.6 Å². The molecule has 9 heteroatoms. The van der Waals surface area contributed by atoms with Gasteiger partial charge in [0.1, 0.15) is 17.3 Å². The highest BCUT2D eigenvalue weighted by Gasteiger charge is 2.23. The highest BCUT2D eigenvalue weighted by atomic mass is 35.5. The first-order chi connectivity index (χ1) is 12.9. The Bertz CT molecular complexity index is 984. The molecule has 1 atom stereocenters. The molecular weight excluding hydrogens is 371 g/mol. The quantitative estimate of drug-likeness (QED) is 0.715. The van der Waals surface area contributed by atoms with E-state index in [1.807, 2.05) is 6.92 Å². The van der Waals surface area contributed by atoms with Crippen molar-refractivity contribution >= 4 is 23.1 Å². The summed E-state index contributed by atoms with van der Waals surface area (Å²) in [4.78, 5) is 2.26. The van der Waals surface area contributed by atoms with Crippen molar-refractivity contribution in [3.8, 4) is 17.0 Å². The van der Waals surface area contributed by atoms with Crippen molar-refractivity contribution in [2.75, 3.05) is 25.5 Å². The topological polar surface area (TPSA) is 78.6 Å². The van der Waals surface area contributed by atoms with Crippen molar-refractivity contribution in [2.45, 2.75) is 25.8 Å². The van der Waals surface area contributed by atoms with Crippen molar-refractivity contribution in [3.05, 3.63) is 34.7 Å². The number of nitrogens with one attached hydrogen (secondary N) is 1. The molecule has 7 nitrogen and oxygen atoms in total. The van der Waals surface area contributed by atoms with E-state index in [-0.39, 0.29) is 28.1 Å². The maximum Gasteiger partial charge on any atom is 0.244 e. The molecule has 2 aromatic heterocycles. The van der Waals surface area contributed by atoms with Crippen LogP contribution in [0, 0.1) is 12.7 Å². The molecule has 4 rings (SSSR count). The van der Waals surface area contributed by atoms with Gasteiger partial charge in [0.05, 0.1) is 16.8 Å². The molecule has 0 amide bonds. The van der Waals surface area contributed by atoms with Gasteiger partial charge in [-0.1, -0.05) is 11.6 Å². The van der Waals surface area contributed by atoms with Crippen molar-refractivity contribution in [3.63, 3.8) is 0 Å². The zero-order valence-corrected chi connectivity index (χ0v) is 15.8. The summed E-state index contributed by atoms with van der Waals surface area (Å²) in [5.41, 5.74) is 1.48. The SMILES string of the molecule is Cc1cc2c(-c3c(O)cc(Cl)cc3F)nnc(N[C@@H]3CCCN(C)C3)n2n1. The fourth-order valence-electron chi connectivity index (χ4n) is 3.55. The molecule has 1 aliphatic heterocycles. The lowest BCUT2D eigenvalue weighted by atomic mass is 10.1. The van der Waals surface area contributed by atoms with E-state index in [9.17, 15) is 9.50 Å². The summed E-state index contributed by atoms with van der Waals surface area (Å²) in [5, 5.41) is 26.6. The van der Waals surface area contributed by atoms with Crippen molar-refractivity contribution in [1.29, 1.82) is 0 Å². The van der Waals surface area contributed by atoms with Crippen LogP contribution in [0.1, 0.15) is 18.5 Å². The minimum Gasteiger partial charge on any atom is -0.507 e. The summed E-state index contributed by atoms with van der Waals surface area (Å²) in [5.74, 6) is -0.453. The molecule has 0 radical (unpaired) electrons. The fraction of sp³-hybridized carbons (Fsp3) is 0.389. The number of nitrogens with zero attached hydrogens (tertiary/aromatic N) is 5. The zero-order valence-electron chi connectivity index (χ0n) is 15.1. The van der Waals surface area contributed by atoms with Crippen molar-refractivity contribution in [2.24, 2.45) is 0 Å². The summed E-state index contributed by atoms with van der Waals surface area (Å²) in [6.45, 7) is 3.82. The van der Waals surface area contributed by atoms with Gasteiger partial charge >= 0.3 is 0 Å². The van der Waals surface area contributed by atoms with Gasteiger partial charge in [-0.2, -0.15) is 9.61 Å². The van der Waals surface area contributed by atoms with E-state index in [1.54, 1.807) is 10.6 Å². The van der Waals surface area contributed by atoms with E-state index >= 15 is 0 Å². The van der Waals surface area contributed by atoms with Crippen LogP contribution in [0.3, 0.4) is 0 Å². The highest BCUT2D eigenvalue weighted by Crippen LogP contribution is 2.36. The minimum absolute atomic E-state index is 0.0410. The van der Waals surface area contributed by atoms with Crippen LogP contribution in [-0.4, -0.2) is 56.0 Å². The first kappa shape index (κ1) is 17.9. The van der Waals surface area contributed by atoms with Gasteiger partial charge in [0.25, 0.3) is 0 Å². The predicted molar refractivity (Wildman–Crippen MR) is 102 cm³/mol.